The molecule has 18 heavy (non-hydrogen) atoms. The van der Waals surface area contributed by atoms with Gasteiger partial charge in [0.1, 0.15) is 6.10 Å². The minimum atomic E-state index is -0.757. The number of rotatable bonds is 3. The topological polar surface area (TPSA) is 63.8 Å². The van der Waals surface area contributed by atoms with E-state index in [1.807, 2.05) is 30.3 Å². The van der Waals surface area contributed by atoms with Crippen LogP contribution in [-0.4, -0.2) is 24.5 Å². The third kappa shape index (κ3) is 1.92. The first-order valence-electron chi connectivity index (χ1n) is 5.41. The van der Waals surface area contributed by atoms with Crippen molar-refractivity contribution >= 4 is 11.5 Å². The van der Waals surface area contributed by atoms with Crippen molar-refractivity contribution in [2.75, 3.05) is 0 Å². The van der Waals surface area contributed by atoms with Gasteiger partial charge >= 0.3 is 0 Å². The van der Waals surface area contributed by atoms with Gasteiger partial charge in [-0.15, -0.1) is 5.10 Å². The molecule has 2 aromatic heterocycles. The van der Waals surface area contributed by atoms with Gasteiger partial charge < -0.3 is 5.11 Å². The van der Waals surface area contributed by atoms with Crippen molar-refractivity contribution < 1.29 is 5.11 Å². The molecule has 0 spiro atoms. The molecule has 0 aliphatic rings. The maximum Gasteiger partial charge on any atom is 0.133 e. The average Bonchev–Trinajstić information content (AvgIpc) is 3.10. The van der Waals surface area contributed by atoms with E-state index in [-0.39, 0.29) is 0 Å². The number of benzene rings is 1. The van der Waals surface area contributed by atoms with Gasteiger partial charge in [-0.25, -0.2) is 4.68 Å². The van der Waals surface area contributed by atoms with Gasteiger partial charge in [-0.1, -0.05) is 22.7 Å². The standard InChI is InChI=1S/C12H10N4OS/c17-12(11-8-13-15-18-11)10-6-7-14-16(10)9-4-2-1-3-5-9/h1-8,12,17H. The lowest BCUT2D eigenvalue weighted by Gasteiger charge is -2.11. The summed E-state index contributed by atoms with van der Waals surface area (Å²) in [6.07, 6.45) is 2.48. The quantitative estimate of drug-likeness (QED) is 0.778. The molecule has 5 nitrogen and oxygen atoms in total. The third-order valence-electron chi connectivity index (χ3n) is 2.60. The van der Waals surface area contributed by atoms with Crippen LogP contribution in [0, 0.1) is 0 Å². The van der Waals surface area contributed by atoms with E-state index >= 15 is 0 Å². The smallest absolute Gasteiger partial charge is 0.133 e. The van der Waals surface area contributed by atoms with Gasteiger partial charge in [0, 0.05) is 6.20 Å². The van der Waals surface area contributed by atoms with Crippen molar-refractivity contribution in [2.45, 2.75) is 6.10 Å². The summed E-state index contributed by atoms with van der Waals surface area (Å²) >= 11 is 1.18. The fraction of sp³-hybridized carbons (Fsp3) is 0.0833. The fourth-order valence-corrected chi connectivity index (χ4v) is 2.25. The normalized spacial score (nSPS) is 12.5. The molecule has 1 unspecified atom stereocenters. The van der Waals surface area contributed by atoms with E-state index in [2.05, 4.69) is 14.7 Å². The summed E-state index contributed by atoms with van der Waals surface area (Å²) in [6.45, 7) is 0. The van der Waals surface area contributed by atoms with E-state index in [4.69, 9.17) is 0 Å². The fourth-order valence-electron chi connectivity index (χ4n) is 1.75. The summed E-state index contributed by atoms with van der Waals surface area (Å²) in [7, 11) is 0. The zero-order valence-corrected chi connectivity index (χ0v) is 10.2. The highest BCUT2D eigenvalue weighted by Crippen LogP contribution is 2.25. The summed E-state index contributed by atoms with van der Waals surface area (Å²) in [6, 6.07) is 11.5. The molecule has 1 aromatic carbocycles. The Bertz CT molecular complexity index is 621. The second-order valence-corrected chi connectivity index (χ2v) is 4.54. The highest BCUT2D eigenvalue weighted by atomic mass is 32.1. The van der Waals surface area contributed by atoms with Crippen LogP contribution in [0.5, 0.6) is 0 Å². The van der Waals surface area contributed by atoms with Crippen molar-refractivity contribution in [3.63, 3.8) is 0 Å². The van der Waals surface area contributed by atoms with E-state index in [1.54, 1.807) is 23.1 Å². The lowest BCUT2D eigenvalue weighted by Crippen LogP contribution is -2.07. The van der Waals surface area contributed by atoms with E-state index < -0.39 is 6.10 Å². The van der Waals surface area contributed by atoms with Crippen LogP contribution >= 0.6 is 11.5 Å². The largest absolute Gasteiger partial charge is 0.381 e. The highest BCUT2D eigenvalue weighted by molar-refractivity contribution is 7.05. The first-order valence-corrected chi connectivity index (χ1v) is 6.18. The number of aromatic nitrogens is 4. The van der Waals surface area contributed by atoms with Gasteiger partial charge in [-0.3, -0.25) is 0 Å². The average molecular weight is 258 g/mol. The Hall–Kier alpha value is -2.05. The van der Waals surface area contributed by atoms with Crippen LogP contribution in [0.3, 0.4) is 0 Å². The number of nitrogens with zero attached hydrogens (tertiary/aromatic N) is 4. The first-order chi connectivity index (χ1) is 8.86. The summed E-state index contributed by atoms with van der Waals surface area (Å²) in [5.74, 6) is 0. The van der Waals surface area contributed by atoms with Crippen LogP contribution in [0.15, 0.2) is 48.8 Å². The number of aliphatic hydroxyl groups is 1. The Balaban J connectivity index is 2.02. The molecule has 0 saturated carbocycles. The summed E-state index contributed by atoms with van der Waals surface area (Å²) < 4.78 is 5.47. The Morgan fingerprint density at radius 2 is 2.00 bits per heavy atom. The Morgan fingerprint density at radius 3 is 2.72 bits per heavy atom. The lowest BCUT2D eigenvalue weighted by atomic mass is 10.2. The first kappa shape index (κ1) is 11.1. The zero-order chi connectivity index (χ0) is 12.4. The van der Waals surface area contributed by atoms with E-state index in [1.165, 1.54) is 11.5 Å². The molecule has 0 aliphatic carbocycles. The van der Waals surface area contributed by atoms with Gasteiger partial charge in [0.25, 0.3) is 0 Å². The third-order valence-corrected chi connectivity index (χ3v) is 3.32. The summed E-state index contributed by atoms with van der Waals surface area (Å²) in [5.41, 5.74) is 1.61. The number of para-hydroxylation sites is 1. The maximum absolute atomic E-state index is 10.3. The van der Waals surface area contributed by atoms with E-state index in [9.17, 15) is 5.11 Å². The van der Waals surface area contributed by atoms with Crippen molar-refractivity contribution in [2.24, 2.45) is 0 Å². The van der Waals surface area contributed by atoms with E-state index in [0.717, 1.165) is 5.69 Å². The van der Waals surface area contributed by atoms with Gasteiger partial charge in [-0.2, -0.15) is 5.10 Å². The molecule has 0 amide bonds. The van der Waals surface area contributed by atoms with Crippen molar-refractivity contribution in [1.82, 2.24) is 19.4 Å². The molecule has 6 heteroatoms. The van der Waals surface area contributed by atoms with E-state index in [0.29, 0.717) is 10.6 Å². The SMILES string of the molecule is OC(c1cnns1)c1ccnn1-c1ccccc1. The second-order valence-electron chi connectivity index (χ2n) is 3.73. The molecule has 0 saturated heterocycles. The Kier molecular flexibility index (Phi) is 2.87. The molecule has 1 N–H and O–H groups in total. The lowest BCUT2D eigenvalue weighted by molar-refractivity contribution is 0.215. The molecule has 0 fully saturated rings. The molecule has 3 rings (SSSR count). The number of aliphatic hydroxyl groups excluding tert-OH is 1. The second kappa shape index (κ2) is 4.67. The van der Waals surface area contributed by atoms with Gasteiger partial charge in [0.2, 0.25) is 0 Å². The minimum Gasteiger partial charge on any atom is -0.381 e. The molecular formula is C12H10N4OS. The highest BCUT2D eigenvalue weighted by Gasteiger charge is 2.18. The molecule has 1 atom stereocenters. The van der Waals surface area contributed by atoms with Crippen LogP contribution in [-0.2, 0) is 0 Å². The predicted octanol–water partition coefficient (Wildman–Crippen LogP) is 1.81. The molecule has 0 bridgehead atoms. The molecular weight excluding hydrogens is 248 g/mol. The van der Waals surface area contributed by atoms with Crippen molar-refractivity contribution in [1.29, 1.82) is 0 Å². The van der Waals surface area contributed by atoms with Crippen LogP contribution in [0.1, 0.15) is 16.7 Å². The van der Waals surface area contributed by atoms with Crippen molar-refractivity contribution in [3.8, 4) is 5.69 Å². The monoisotopic (exact) mass is 258 g/mol. The molecule has 0 radical (unpaired) electrons. The van der Waals surface area contributed by atoms with Gasteiger partial charge in [-0.05, 0) is 29.7 Å². The van der Waals surface area contributed by atoms with Crippen LogP contribution in [0.25, 0.3) is 5.69 Å². The summed E-state index contributed by atoms with van der Waals surface area (Å²) in [4.78, 5) is 0.702. The molecule has 90 valence electrons. The van der Waals surface area contributed by atoms with Crippen molar-refractivity contribution in [3.05, 3.63) is 59.4 Å². The van der Waals surface area contributed by atoms with Crippen LogP contribution in [0.4, 0.5) is 0 Å². The summed E-state index contributed by atoms with van der Waals surface area (Å²) in [5, 5.41) is 18.3. The van der Waals surface area contributed by atoms with Gasteiger partial charge in [0.05, 0.1) is 22.5 Å². The van der Waals surface area contributed by atoms with Crippen LogP contribution < -0.4 is 0 Å². The Morgan fingerprint density at radius 1 is 1.17 bits per heavy atom. The molecule has 2 heterocycles. The maximum atomic E-state index is 10.3. The minimum absolute atomic E-state index is 0.701. The van der Waals surface area contributed by atoms with Gasteiger partial charge in [0.15, 0.2) is 0 Å². The van der Waals surface area contributed by atoms with Crippen LogP contribution in [0.2, 0.25) is 0 Å². The molecule has 3 aromatic rings. The zero-order valence-electron chi connectivity index (χ0n) is 9.34. The molecule has 0 aliphatic heterocycles. The predicted molar refractivity (Wildman–Crippen MR) is 67.5 cm³/mol. The number of hydrogen-bond acceptors (Lipinski definition) is 5. The number of hydrogen-bond donors (Lipinski definition) is 1. The Labute approximate surface area is 108 Å².